The van der Waals surface area contributed by atoms with Crippen molar-refractivity contribution in [1.82, 2.24) is 9.80 Å². The summed E-state index contributed by atoms with van der Waals surface area (Å²) in [5.41, 5.74) is 0.0702. The van der Waals surface area contributed by atoms with Crippen LogP contribution in [0.25, 0.3) is 0 Å². The lowest BCUT2D eigenvalue weighted by molar-refractivity contribution is -0.137. The van der Waals surface area contributed by atoms with E-state index in [-0.39, 0.29) is 37.0 Å². The van der Waals surface area contributed by atoms with E-state index in [2.05, 4.69) is 5.32 Å². The lowest BCUT2D eigenvalue weighted by atomic mass is 10.0. The van der Waals surface area contributed by atoms with Crippen molar-refractivity contribution < 1.29 is 27.6 Å². The number of amides is 4. The average molecular weight is 460 g/mol. The normalized spacial score (nSPS) is 18.2. The van der Waals surface area contributed by atoms with Crippen molar-refractivity contribution in [3.8, 4) is 0 Å². The van der Waals surface area contributed by atoms with Crippen LogP contribution in [0.2, 0.25) is 0 Å². The molecule has 0 radical (unpaired) electrons. The van der Waals surface area contributed by atoms with E-state index in [9.17, 15) is 27.6 Å². The molecule has 0 aliphatic carbocycles. The Hall–Kier alpha value is -3.40. The maximum atomic E-state index is 12.8. The van der Waals surface area contributed by atoms with Crippen molar-refractivity contribution in [2.75, 3.05) is 36.4 Å². The number of nitrogens with zero attached hydrogens (tertiary/aromatic N) is 3. The number of likely N-dealkylation sites (tertiary alicyclic amines) is 1. The van der Waals surface area contributed by atoms with E-state index in [1.807, 2.05) is 11.0 Å². The van der Waals surface area contributed by atoms with E-state index >= 15 is 0 Å². The molecule has 2 aliphatic heterocycles. The van der Waals surface area contributed by atoms with Gasteiger partial charge in [-0.05, 0) is 49.2 Å². The Balaban J connectivity index is 1.27. The van der Waals surface area contributed by atoms with Gasteiger partial charge < -0.3 is 10.2 Å². The third-order valence-corrected chi connectivity index (χ3v) is 5.87. The molecule has 174 valence electrons. The minimum Gasteiger partial charge on any atom is -0.325 e. The average Bonchev–Trinajstić information content (AvgIpc) is 3.08. The van der Waals surface area contributed by atoms with Gasteiger partial charge in [-0.1, -0.05) is 18.2 Å². The van der Waals surface area contributed by atoms with E-state index in [4.69, 9.17) is 0 Å². The number of piperidine rings is 1. The molecule has 2 saturated heterocycles. The molecular formula is C23H23F3N4O3. The molecule has 7 nitrogen and oxygen atoms in total. The van der Waals surface area contributed by atoms with Gasteiger partial charge in [-0.2, -0.15) is 13.2 Å². The fraction of sp³-hybridized carbons (Fsp3) is 0.348. The monoisotopic (exact) mass is 460 g/mol. The van der Waals surface area contributed by atoms with E-state index in [1.54, 1.807) is 29.2 Å². The van der Waals surface area contributed by atoms with Crippen LogP contribution in [0, 0.1) is 0 Å². The first-order valence-corrected chi connectivity index (χ1v) is 10.6. The SMILES string of the molecule is O=C(CN1CCC(N2CC(=O)N(c3ccccc3)C2=O)CC1)Nc1ccc(C(F)(F)F)cc1. The molecule has 2 aromatic carbocycles. The number of nitrogens with one attached hydrogen (secondary N) is 1. The number of halogens is 3. The molecule has 1 N–H and O–H groups in total. The molecule has 0 unspecified atom stereocenters. The molecule has 0 saturated carbocycles. The van der Waals surface area contributed by atoms with Crippen molar-refractivity contribution in [1.29, 1.82) is 0 Å². The second kappa shape index (κ2) is 9.22. The number of benzene rings is 2. The minimum absolute atomic E-state index is 0.0345. The molecule has 0 spiro atoms. The van der Waals surface area contributed by atoms with Crippen molar-refractivity contribution in [2.45, 2.75) is 25.1 Å². The molecule has 0 aromatic heterocycles. The number of alkyl halides is 3. The van der Waals surface area contributed by atoms with Crippen LogP contribution in [0.3, 0.4) is 0 Å². The largest absolute Gasteiger partial charge is 0.416 e. The molecule has 2 aliphatic rings. The van der Waals surface area contributed by atoms with Crippen LogP contribution in [-0.4, -0.2) is 59.9 Å². The first kappa shape index (κ1) is 22.8. The molecule has 4 amide bonds. The summed E-state index contributed by atoms with van der Waals surface area (Å²) in [6.45, 7) is 1.26. The zero-order valence-corrected chi connectivity index (χ0v) is 17.7. The van der Waals surface area contributed by atoms with E-state index in [0.717, 1.165) is 12.1 Å². The highest BCUT2D eigenvalue weighted by Crippen LogP contribution is 2.30. The number of hydrogen-bond donors (Lipinski definition) is 1. The van der Waals surface area contributed by atoms with Crippen molar-refractivity contribution in [3.05, 3.63) is 60.2 Å². The number of carbonyl (C=O) groups is 3. The van der Waals surface area contributed by atoms with Gasteiger partial charge in [0.2, 0.25) is 5.91 Å². The van der Waals surface area contributed by atoms with Gasteiger partial charge in [0, 0.05) is 24.8 Å². The maximum Gasteiger partial charge on any atom is 0.416 e. The summed E-state index contributed by atoms with van der Waals surface area (Å²) in [6, 6.07) is 12.7. The van der Waals surface area contributed by atoms with Crippen LogP contribution in [0.1, 0.15) is 18.4 Å². The molecule has 2 aromatic rings. The highest BCUT2D eigenvalue weighted by molar-refractivity contribution is 6.19. The van der Waals surface area contributed by atoms with Gasteiger partial charge in [0.1, 0.15) is 6.54 Å². The third-order valence-electron chi connectivity index (χ3n) is 5.87. The summed E-state index contributed by atoms with van der Waals surface area (Å²) in [7, 11) is 0. The van der Waals surface area contributed by atoms with E-state index < -0.39 is 11.7 Å². The topological polar surface area (TPSA) is 73.0 Å². The van der Waals surface area contributed by atoms with E-state index in [0.29, 0.717) is 37.3 Å². The van der Waals surface area contributed by atoms with Crippen LogP contribution < -0.4 is 10.2 Å². The number of hydrogen-bond acceptors (Lipinski definition) is 4. The smallest absolute Gasteiger partial charge is 0.325 e. The maximum absolute atomic E-state index is 12.8. The number of carbonyl (C=O) groups excluding carboxylic acids is 3. The number of rotatable bonds is 5. The molecule has 10 heteroatoms. The molecule has 0 atom stereocenters. The highest BCUT2D eigenvalue weighted by Gasteiger charge is 2.41. The predicted molar refractivity (Wildman–Crippen MR) is 116 cm³/mol. The summed E-state index contributed by atoms with van der Waals surface area (Å²) < 4.78 is 37.9. The summed E-state index contributed by atoms with van der Waals surface area (Å²) in [5.74, 6) is -0.583. The lowest BCUT2D eigenvalue weighted by Gasteiger charge is -2.35. The van der Waals surface area contributed by atoms with Crippen molar-refractivity contribution >= 4 is 29.2 Å². The first-order chi connectivity index (χ1) is 15.7. The summed E-state index contributed by atoms with van der Waals surface area (Å²) in [4.78, 5) is 42.3. The summed E-state index contributed by atoms with van der Waals surface area (Å²) in [6.07, 6.45) is -3.18. The Morgan fingerprint density at radius 1 is 0.970 bits per heavy atom. The second-order valence-electron chi connectivity index (χ2n) is 8.11. The van der Waals surface area contributed by atoms with E-state index in [1.165, 1.54) is 17.0 Å². The predicted octanol–water partition coefficient (Wildman–Crippen LogP) is 3.58. The Labute approximate surface area is 188 Å². The van der Waals surface area contributed by atoms with Crippen LogP contribution in [0.4, 0.5) is 29.3 Å². The fourth-order valence-electron chi connectivity index (χ4n) is 4.17. The zero-order chi connectivity index (χ0) is 23.6. The molecular weight excluding hydrogens is 437 g/mol. The van der Waals surface area contributed by atoms with Crippen molar-refractivity contribution in [2.24, 2.45) is 0 Å². The fourth-order valence-corrected chi connectivity index (χ4v) is 4.17. The van der Waals surface area contributed by atoms with Crippen LogP contribution in [0.5, 0.6) is 0 Å². The third kappa shape index (κ3) is 5.16. The van der Waals surface area contributed by atoms with Gasteiger partial charge in [0.05, 0.1) is 17.8 Å². The van der Waals surface area contributed by atoms with Gasteiger partial charge in [-0.3, -0.25) is 14.5 Å². The van der Waals surface area contributed by atoms with Crippen LogP contribution in [-0.2, 0) is 15.8 Å². The lowest BCUT2D eigenvalue weighted by Crippen LogP contribution is -2.48. The molecule has 2 fully saturated rings. The number of urea groups is 1. The number of para-hydroxylation sites is 1. The minimum atomic E-state index is -4.42. The highest BCUT2D eigenvalue weighted by atomic mass is 19.4. The molecule has 4 rings (SSSR count). The Morgan fingerprint density at radius 3 is 2.21 bits per heavy atom. The van der Waals surface area contributed by atoms with Crippen LogP contribution in [0.15, 0.2) is 54.6 Å². The van der Waals surface area contributed by atoms with Gasteiger partial charge >= 0.3 is 12.2 Å². The zero-order valence-electron chi connectivity index (χ0n) is 17.7. The Bertz CT molecular complexity index is 1020. The molecule has 0 bridgehead atoms. The Kier molecular flexibility index (Phi) is 6.37. The van der Waals surface area contributed by atoms with Crippen LogP contribution >= 0.6 is 0 Å². The standard InChI is InChI=1S/C23H23F3N4O3/c24-23(25,26)16-6-8-17(9-7-16)27-20(31)14-28-12-10-18(11-13-28)29-15-21(32)30(22(29)33)19-4-2-1-3-5-19/h1-9,18H,10-15H2,(H,27,31). The van der Waals surface area contributed by atoms with Gasteiger partial charge in [-0.25, -0.2) is 9.69 Å². The Morgan fingerprint density at radius 2 is 1.61 bits per heavy atom. The summed E-state index contributed by atoms with van der Waals surface area (Å²) in [5, 5.41) is 2.61. The second-order valence-corrected chi connectivity index (χ2v) is 8.11. The first-order valence-electron chi connectivity index (χ1n) is 10.6. The summed E-state index contributed by atoms with van der Waals surface area (Å²) >= 11 is 0. The van der Waals surface area contributed by atoms with Gasteiger partial charge in [0.15, 0.2) is 0 Å². The van der Waals surface area contributed by atoms with Gasteiger partial charge in [-0.15, -0.1) is 0 Å². The van der Waals surface area contributed by atoms with Crippen molar-refractivity contribution in [3.63, 3.8) is 0 Å². The molecule has 33 heavy (non-hydrogen) atoms. The number of anilines is 2. The van der Waals surface area contributed by atoms with Gasteiger partial charge in [0.25, 0.3) is 5.91 Å². The molecule has 2 heterocycles. The number of imide groups is 1. The quantitative estimate of drug-likeness (QED) is 0.693.